The number of nitrogens with zero attached hydrogens (tertiary/aromatic N) is 1. The van der Waals surface area contributed by atoms with Gasteiger partial charge in [-0.05, 0) is 36.4 Å². The molecule has 2 aromatic carbocycles. The van der Waals surface area contributed by atoms with Gasteiger partial charge in [0.25, 0.3) is 11.8 Å². The SMILES string of the molecule is C=CCN(c1ccc(C(=O)Nc2ccccc2C(N)=O)cc1)S(C)(=O)=O. The molecule has 2 rings (SSSR count). The molecule has 0 aromatic heterocycles. The van der Waals surface area contributed by atoms with E-state index in [1.54, 1.807) is 18.2 Å². The number of para-hydroxylation sites is 1. The predicted octanol–water partition coefficient (Wildman–Crippen LogP) is 1.99. The highest BCUT2D eigenvalue weighted by Gasteiger charge is 2.17. The summed E-state index contributed by atoms with van der Waals surface area (Å²) in [6, 6.07) is 12.5. The van der Waals surface area contributed by atoms with Crippen LogP contribution in [0.2, 0.25) is 0 Å². The van der Waals surface area contributed by atoms with Crippen LogP contribution in [0.3, 0.4) is 0 Å². The molecule has 136 valence electrons. The molecule has 26 heavy (non-hydrogen) atoms. The maximum absolute atomic E-state index is 12.4. The van der Waals surface area contributed by atoms with Crippen molar-refractivity contribution in [2.45, 2.75) is 0 Å². The number of carbonyl (C=O) groups is 2. The first kappa shape index (κ1) is 19.2. The summed E-state index contributed by atoms with van der Waals surface area (Å²) in [5.74, 6) is -1.09. The number of carbonyl (C=O) groups excluding carboxylic acids is 2. The number of sulfonamides is 1. The molecule has 0 atom stereocenters. The van der Waals surface area contributed by atoms with Crippen LogP contribution in [0.15, 0.2) is 61.2 Å². The van der Waals surface area contributed by atoms with Gasteiger partial charge in [0.2, 0.25) is 10.0 Å². The molecule has 3 N–H and O–H groups in total. The molecule has 7 nitrogen and oxygen atoms in total. The summed E-state index contributed by atoms with van der Waals surface area (Å²) in [6.07, 6.45) is 2.57. The smallest absolute Gasteiger partial charge is 0.255 e. The predicted molar refractivity (Wildman–Crippen MR) is 102 cm³/mol. The van der Waals surface area contributed by atoms with Gasteiger partial charge in [-0.1, -0.05) is 18.2 Å². The number of hydrogen-bond donors (Lipinski definition) is 2. The van der Waals surface area contributed by atoms with E-state index in [2.05, 4.69) is 11.9 Å². The molecular formula is C18H19N3O4S. The molecule has 2 aromatic rings. The van der Waals surface area contributed by atoms with Crippen molar-refractivity contribution in [2.75, 3.05) is 22.4 Å². The minimum atomic E-state index is -3.47. The van der Waals surface area contributed by atoms with E-state index in [4.69, 9.17) is 5.73 Å². The monoisotopic (exact) mass is 373 g/mol. The Labute approximate surface area is 152 Å². The first-order valence-corrected chi connectivity index (χ1v) is 9.47. The highest BCUT2D eigenvalue weighted by Crippen LogP contribution is 2.20. The average Bonchev–Trinajstić information content (AvgIpc) is 2.59. The third-order valence-corrected chi connectivity index (χ3v) is 4.71. The Balaban J connectivity index is 2.24. The molecule has 0 saturated heterocycles. The van der Waals surface area contributed by atoms with Gasteiger partial charge in [0, 0.05) is 5.56 Å². The Morgan fingerprint density at radius 2 is 1.77 bits per heavy atom. The van der Waals surface area contributed by atoms with Crippen LogP contribution in [0.25, 0.3) is 0 Å². The number of nitrogens with two attached hydrogens (primary N) is 1. The number of amides is 2. The van der Waals surface area contributed by atoms with E-state index in [0.29, 0.717) is 16.9 Å². The third kappa shape index (κ3) is 4.48. The largest absolute Gasteiger partial charge is 0.366 e. The molecule has 0 bridgehead atoms. The minimum absolute atomic E-state index is 0.121. The average molecular weight is 373 g/mol. The van der Waals surface area contributed by atoms with E-state index >= 15 is 0 Å². The zero-order valence-corrected chi connectivity index (χ0v) is 15.0. The standard InChI is InChI=1S/C18H19N3O4S/c1-3-12-21(26(2,24)25)14-10-8-13(9-11-14)18(23)20-16-7-5-4-6-15(16)17(19)22/h3-11H,1,12H2,2H3,(H2,19,22)(H,20,23). The second-order valence-corrected chi connectivity index (χ2v) is 7.40. The molecule has 8 heteroatoms. The summed E-state index contributed by atoms with van der Waals surface area (Å²) < 4.78 is 24.8. The molecule has 0 spiro atoms. The molecule has 2 amide bonds. The normalized spacial score (nSPS) is 10.8. The third-order valence-electron chi connectivity index (χ3n) is 3.55. The second-order valence-electron chi connectivity index (χ2n) is 5.49. The lowest BCUT2D eigenvalue weighted by atomic mass is 10.1. The lowest BCUT2D eigenvalue weighted by molar-refractivity contribution is 0.100. The van der Waals surface area contributed by atoms with E-state index in [9.17, 15) is 18.0 Å². The molecule has 0 heterocycles. The molecule has 0 aliphatic rings. The van der Waals surface area contributed by atoms with Gasteiger partial charge < -0.3 is 11.1 Å². The number of anilines is 2. The van der Waals surface area contributed by atoms with Crippen molar-refractivity contribution in [1.82, 2.24) is 0 Å². The van der Waals surface area contributed by atoms with Crippen molar-refractivity contribution < 1.29 is 18.0 Å². The fourth-order valence-electron chi connectivity index (χ4n) is 2.33. The zero-order chi connectivity index (χ0) is 19.3. The Bertz CT molecular complexity index is 937. The molecule has 0 radical (unpaired) electrons. The highest BCUT2D eigenvalue weighted by molar-refractivity contribution is 7.92. The van der Waals surface area contributed by atoms with Crippen molar-refractivity contribution in [1.29, 1.82) is 0 Å². The molecule has 0 aliphatic carbocycles. The lowest BCUT2D eigenvalue weighted by Crippen LogP contribution is -2.29. The van der Waals surface area contributed by atoms with Gasteiger partial charge in [0.05, 0.1) is 29.7 Å². The molecular weight excluding hydrogens is 354 g/mol. The minimum Gasteiger partial charge on any atom is -0.366 e. The summed E-state index contributed by atoms with van der Waals surface area (Å²) in [5.41, 5.74) is 6.52. The number of primary amides is 1. The van der Waals surface area contributed by atoms with E-state index < -0.39 is 21.8 Å². The number of nitrogens with one attached hydrogen (secondary N) is 1. The van der Waals surface area contributed by atoms with Gasteiger partial charge in [-0.25, -0.2) is 8.42 Å². The van der Waals surface area contributed by atoms with Crippen LogP contribution in [0.5, 0.6) is 0 Å². The van der Waals surface area contributed by atoms with E-state index in [1.807, 2.05) is 0 Å². The molecule has 0 unspecified atom stereocenters. The Kier molecular flexibility index (Phi) is 5.78. The fourth-order valence-corrected chi connectivity index (χ4v) is 3.21. The Morgan fingerprint density at radius 1 is 1.15 bits per heavy atom. The lowest BCUT2D eigenvalue weighted by Gasteiger charge is -2.20. The van der Waals surface area contributed by atoms with E-state index in [0.717, 1.165) is 6.26 Å². The Morgan fingerprint density at radius 3 is 2.31 bits per heavy atom. The summed E-state index contributed by atoms with van der Waals surface area (Å²) in [7, 11) is -3.47. The van der Waals surface area contributed by atoms with Crippen LogP contribution < -0.4 is 15.4 Å². The Hall–Kier alpha value is -3.13. The van der Waals surface area contributed by atoms with Crippen molar-refractivity contribution >= 4 is 33.2 Å². The molecule has 0 fully saturated rings. The van der Waals surface area contributed by atoms with Gasteiger partial charge in [0.1, 0.15) is 0 Å². The number of rotatable bonds is 7. The summed E-state index contributed by atoms with van der Waals surface area (Å²) in [6.45, 7) is 3.67. The summed E-state index contributed by atoms with van der Waals surface area (Å²) in [5, 5.41) is 2.62. The van der Waals surface area contributed by atoms with Gasteiger partial charge in [-0.2, -0.15) is 0 Å². The summed E-state index contributed by atoms with van der Waals surface area (Å²) >= 11 is 0. The van der Waals surface area contributed by atoms with Crippen LogP contribution in [0.1, 0.15) is 20.7 Å². The summed E-state index contributed by atoms with van der Waals surface area (Å²) in [4.78, 5) is 23.8. The zero-order valence-electron chi connectivity index (χ0n) is 14.2. The first-order valence-electron chi connectivity index (χ1n) is 7.63. The quantitative estimate of drug-likeness (QED) is 0.723. The van der Waals surface area contributed by atoms with Crippen molar-refractivity contribution in [3.8, 4) is 0 Å². The van der Waals surface area contributed by atoms with Crippen LogP contribution in [0.4, 0.5) is 11.4 Å². The van der Waals surface area contributed by atoms with E-state index in [1.165, 1.54) is 40.7 Å². The van der Waals surface area contributed by atoms with E-state index in [-0.39, 0.29) is 12.1 Å². The van der Waals surface area contributed by atoms with Crippen LogP contribution in [0, 0.1) is 0 Å². The maximum Gasteiger partial charge on any atom is 0.255 e. The molecule has 0 saturated carbocycles. The van der Waals surface area contributed by atoms with Crippen molar-refractivity contribution in [3.63, 3.8) is 0 Å². The van der Waals surface area contributed by atoms with Crippen molar-refractivity contribution in [2.24, 2.45) is 5.73 Å². The fraction of sp³-hybridized carbons (Fsp3) is 0.111. The van der Waals surface area contributed by atoms with Crippen molar-refractivity contribution in [3.05, 3.63) is 72.3 Å². The number of hydrogen-bond acceptors (Lipinski definition) is 4. The number of benzene rings is 2. The van der Waals surface area contributed by atoms with Crippen LogP contribution in [-0.4, -0.2) is 33.0 Å². The van der Waals surface area contributed by atoms with Gasteiger partial charge >= 0.3 is 0 Å². The van der Waals surface area contributed by atoms with Crippen LogP contribution in [-0.2, 0) is 10.0 Å². The van der Waals surface area contributed by atoms with Gasteiger partial charge in [-0.3, -0.25) is 13.9 Å². The maximum atomic E-state index is 12.4. The highest BCUT2D eigenvalue weighted by atomic mass is 32.2. The topological polar surface area (TPSA) is 110 Å². The molecule has 0 aliphatic heterocycles. The van der Waals surface area contributed by atoms with Gasteiger partial charge in [-0.15, -0.1) is 6.58 Å². The van der Waals surface area contributed by atoms with Gasteiger partial charge in [0.15, 0.2) is 0 Å². The first-order chi connectivity index (χ1) is 12.2. The second kappa shape index (κ2) is 7.83. The van der Waals surface area contributed by atoms with Crippen LogP contribution >= 0.6 is 0 Å².